The molecule has 2 unspecified atom stereocenters. The van der Waals surface area contributed by atoms with Gasteiger partial charge in [0.25, 0.3) is 0 Å². The molecule has 3 atom stereocenters. The van der Waals surface area contributed by atoms with Gasteiger partial charge in [-0.2, -0.15) is 0 Å². The van der Waals surface area contributed by atoms with Crippen LogP contribution in [0.25, 0.3) is 16.3 Å². The zero-order chi connectivity index (χ0) is 28.1. The van der Waals surface area contributed by atoms with Crippen molar-refractivity contribution in [2.24, 2.45) is 10.4 Å². The molecule has 0 amide bonds. The third-order valence-corrected chi connectivity index (χ3v) is 8.01. The van der Waals surface area contributed by atoms with E-state index in [2.05, 4.69) is 19.1 Å². The maximum Gasteiger partial charge on any atom is 0.339 e. The van der Waals surface area contributed by atoms with Crippen LogP contribution in [0.2, 0.25) is 0 Å². The highest BCUT2D eigenvalue weighted by atomic mass is 19.1. The lowest BCUT2D eigenvalue weighted by atomic mass is 9.66. The number of ether oxygens (including phenoxy) is 3. The van der Waals surface area contributed by atoms with Crippen LogP contribution >= 0.6 is 0 Å². The monoisotopic (exact) mass is 531 g/mol. The second-order valence-corrected chi connectivity index (χ2v) is 11.7. The summed E-state index contributed by atoms with van der Waals surface area (Å²) < 4.78 is 33.6. The molecule has 2 heterocycles. The Morgan fingerprint density at radius 2 is 2.03 bits per heavy atom. The van der Waals surface area contributed by atoms with Gasteiger partial charge < -0.3 is 14.2 Å². The molecule has 5 nitrogen and oxygen atoms in total. The lowest BCUT2D eigenvalue weighted by molar-refractivity contribution is -0.166. The number of benzene rings is 2. The molecule has 0 aromatic heterocycles. The molecule has 1 fully saturated rings. The van der Waals surface area contributed by atoms with Crippen LogP contribution in [-0.4, -0.2) is 37.1 Å². The Hall–Kier alpha value is -3.09. The molecule has 6 heteroatoms. The molecule has 5 rings (SSSR count). The molecule has 2 aromatic rings. The number of carbonyl (C=O) groups excluding carboxylic acids is 1. The number of esters is 1. The van der Waals surface area contributed by atoms with E-state index in [0.717, 1.165) is 34.2 Å². The molecule has 3 aliphatic rings. The van der Waals surface area contributed by atoms with E-state index in [1.165, 1.54) is 5.57 Å². The summed E-state index contributed by atoms with van der Waals surface area (Å²) in [5, 5.41) is 1.63. The molecular weight excluding hydrogens is 493 g/mol. The van der Waals surface area contributed by atoms with Crippen LogP contribution < -0.4 is 0 Å². The number of hydrogen-bond acceptors (Lipinski definition) is 5. The number of halogens is 1. The van der Waals surface area contributed by atoms with Gasteiger partial charge in [0.2, 0.25) is 0 Å². The molecule has 0 N–H and O–H groups in total. The molecule has 1 saturated heterocycles. The molecule has 0 spiro atoms. The standard InChI is InChI=1S/C33H38FNO4/c1-8-20-17-21-16-19(3)27(29(31(36)37-9-2)39-32(4,5)6)28(24(21)18-25(20)34)23-10-11-26-33(7)22(13-15-38-26)12-14-35-30(23)33/h10-12,14,16-18,26,29H,8-9,13,15H2,1-7H3/t26?,29-,33?/m0/s1. The van der Waals surface area contributed by atoms with Crippen molar-refractivity contribution in [3.05, 3.63) is 75.8 Å². The minimum Gasteiger partial charge on any atom is -0.464 e. The number of hydrogen-bond donors (Lipinski definition) is 0. The van der Waals surface area contributed by atoms with E-state index in [-0.39, 0.29) is 18.5 Å². The van der Waals surface area contributed by atoms with Gasteiger partial charge in [-0.25, -0.2) is 9.18 Å². The average molecular weight is 532 g/mol. The second-order valence-electron chi connectivity index (χ2n) is 11.7. The van der Waals surface area contributed by atoms with Gasteiger partial charge in [0.1, 0.15) is 5.82 Å². The minimum atomic E-state index is -1.00. The van der Waals surface area contributed by atoms with Gasteiger partial charge in [-0.3, -0.25) is 4.99 Å². The molecule has 39 heavy (non-hydrogen) atoms. The summed E-state index contributed by atoms with van der Waals surface area (Å²) in [7, 11) is 0. The third-order valence-electron chi connectivity index (χ3n) is 8.01. The van der Waals surface area contributed by atoms with Gasteiger partial charge in [-0.1, -0.05) is 30.7 Å². The van der Waals surface area contributed by atoms with Crippen molar-refractivity contribution in [3.63, 3.8) is 0 Å². The number of dihydropyridines is 1. The molecule has 0 saturated carbocycles. The summed E-state index contributed by atoms with van der Waals surface area (Å²) >= 11 is 0. The SMILES string of the molecule is CCOC(=O)[C@@H](OC(C)(C)C)c1c(C)cc2cc(CC)c(F)cc2c1C1=C2N=CC=C3CCOC(C=C1)C32C. The van der Waals surface area contributed by atoms with Crippen LogP contribution in [0, 0.1) is 18.2 Å². The van der Waals surface area contributed by atoms with Crippen molar-refractivity contribution in [2.45, 2.75) is 79.1 Å². The van der Waals surface area contributed by atoms with Crippen LogP contribution in [0.5, 0.6) is 0 Å². The van der Waals surface area contributed by atoms with Crippen LogP contribution in [0.4, 0.5) is 4.39 Å². The molecule has 1 aliphatic carbocycles. The predicted octanol–water partition coefficient (Wildman–Crippen LogP) is 7.36. The Balaban J connectivity index is 1.88. The number of rotatable bonds is 6. The Morgan fingerprint density at radius 3 is 2.72 bits per heavy atom. The normalized spacial score (nSPS) is 23.1. The Bertz CT molecular complexity index is 1460. The molecule has 0 bridgehead atoms. The maximum absolute atomic E-state index is 15.4. The quantitative estimate of drug-likeness (QED) is 0.366. The Labute approximate surface area is 230 Å². The summed E-state index contributed by atoms with van der Waals surface area (Å²) in [6.45, 7) is 14.5. The third kappa shape index (κ3) is 4.68. The van der Waals surface area contributed by atoms with Gasteiger partial charge in [-0.05, 0) is 100 Å². The maximum atomic E-state index is 15.4. The van der Waals surface area contributed by atoms with E-state index < -0.39 is 23.1 Å². The smallest absolute Gasteiger partial charge is 0.339 e. The van der Waals surface area contributed by atoms with Crippen LogP contribution in [0.15, 0.2) is 52.7 Å². The van der Waals surface area contributed by atoms with Crippen LogP contribution in [0.3, 0.4) is 0 Å². The van der Waals surface area contributed by atoms with Crippen LogP contribution in [-0.2, 0) is 25.4 Å². The van der Waals surface area contributed by atoms with Gasteiger partial charge in [0.05, 0.1) is 36.0 Å². The summed E-state index contributed by atoms with van der Waals surface area (Å²) in [5.41, 5.74) is 4.82. The van der Waals surface area contributed by atoms with E-state index in [0.29, 0.717) is 29.5 Å². The van der Waals surface area contributed by atoms with E-state index >= 15 is 4.39 Å². The number of carbonyl (C=O) groups is 1. The number of aliphatic imine (C=N–C) groups is 1. The van der Waals surface area contributed by atoms with Gasteiger partial charge >= 0.3 is 5.97 Å². The summed E-state index contributed by atoms with van der Waals surface area (Å²) in [6.07, 6.45) is 8.27. The summed E-state index contributed by atoms with van der Waals surface area (Å²) in [4.78, 5) is 18.4. The molecule has 2 aliphatic heterocycles. The molecule has 206 valence electrons. The van der Waals surface area contributed by atoms with Crippen molar-refractivity contribution < 1.29 is 23.4 Å². The van der Waals surface area contributed by atoms with Gasteiger partial charge in [-0.15, -0.1) is 0 Å². The molecular formula is C33H38FNO4. The van der Waals surface area contributed by atoms with Crippen LogP contribution in [0.1, 0.15) is 76.3 Å². The highest BCUT2D eigenvalue weighted by Gasteiger charge is 2.48. The van der Waals surface area contributed by atoms with Crippen molar-refractivity contribution in [3.8, 4) is 0 Å². The highest BCUT2D eigenvalue weighted by molar-refractivity contribution is 6.02. The molecule has 2 aromatic carbocycles. The first-order chi connectivity index (χ1) is 18.5. The molecule has 0 radical (unpaired) electrons. The minimum absolute atomic E-state index is 0.150. The summed E-state index contributed by atoms with van der Waals surface area (Å²) in [5.74, 6) is -0.737. The fraction of sp³-hybridized carbons (Fsp3) is 0.455. The van der Waals surface area contributed by atoms with Gasteiger partial charge in [0.15, 0.2) is 6.10 Å². The van der Waals surface area contributed by atoms with E-state index in [1.807, 2.05) is 59.0 Å². The van der Waals surface area contributed by atoms with E-state index in [9.17, 15) is 4.79 Å². The Kier molecular flexibility index (Phi) is 7.15. The lowest BCUT2D eigenvalue weighted by Gasteiger charge is -2.46. The topological polar surface area (TPSA) is 57.1 Å². The largest absolute Gasteiger partial charge is 0.464 e. The van der Waals surface area contributed by atoms with Gasteiger partial charge in [0, 0.05) is 17.4 Å². The number of aryl methyl sites for hydroxylation is 2. The number of fused-ring (bicyclic) bond motifs is 1. The van der Waals surface area contributed by atoms with Crippen molar-refractivity contribution >= 4 is 28.5 Å². The van der Waals surface area contributed by atoms with Crippen molar-refractivity contribution in [1.29, 1.82) is 0 Å². The Morgan fingerprint density at radius 1 is 1.26 bits per heavy atom. The van der Waals surface area contributed by atoms with Crippen molar-refractivity contribution in [1.82, 2.24) is 0 Å². The highest BCUT2D eigenvalue weighted by Crippen LogP contribution is 2.53. The fourth-order valence-corrected chi connectivity index (χ4v) is 6.17. The predicted molar refractivity (Wildman–Crippen MR) is 153 cm³/mol. The van der Waals surface area contributed by atoms with E-state index in [1.54, 1.807) is 13.0 Å². The van der Waals surface area contributed by atoms with Crippen molar-refractivity contribution in [2.75, 3.05) is 13.2 Å². The average Bonchev–Trinajstić information content (AvgIpc) is 2.87. The first-order valence-corrected chi connectivity index (χ1v) is 13.9. The summed E-state index contributed by atoms with van der Waals surface area (Å²) in [6, 6.07) is 5.53. The first-order valence-electron chi connectivity index (χ1n) is 13.9. The fourth-order valence-electron chi connectivity index (χ4n) is 6.17. The zero-order valence-electron chi connectivity index (χ0n) is 24.0. The number of allylic oxidation sites excluding steroid dienone is 3. The zero-order valence-corrected chi connectivity index (χ0v) is 24.0. The lowest BCUT2D eigenvalue weighted by Crippen LogP contribution is -2.43. The first kappa shape index (κ1) is 27.5. The second kappa shape index (κ2) is 10.1. The number of nitrogens with zero attached hydrogens (tertiary/aromatic N) is 1. The van der Waals surface area contributed by atoms with E-state index in [4.69, 9.17) is 19.2 Å².